The van der Waals surface area contributed by atoms with Gasteiger partial charge in [0.1, 0.15) is 11.5 Å². The van der Waals surface area contributed by atoms with Crippen molar-refractivity contribution in [3.05, 3.63) is 58.6 Å². The smallest absolute Gasteiger partial charge is 0.199 e. The van der Waals surface area contributed by atoms with Crippen molar-refractivity contribution in [1.82, 2.24) is 0 Å². The Morgan fingerprint density at radius 1 is 1.04 bits per heavy atom. The molecule has 2 aliphatic rings. The van der Waals surface area contributed by atoms with Crippen LogP contribution in [0, 0.1) is 5.92 Å². The predicted molar refractivity (Wildman–Crippen MR) is 100 cm³/mol. The Morgan fingerprint density at radius 3 is 2.37 bits per heavy atom. The molecular formula is C22H28F2O3. The van der Waals surface area contributed by atoms with Crippen LogP contribution in [0.25, 0.3) is 0 Å². The second-order valence-corrected chi connectivity index (χ2v) is 7.25. The van der Waals surface area contributed by atoms with E-state index in [2.05, 4.69) is 31.2 Å². The number of rotatable bonds is 7. The molecule has 0 spiro atoms. The van der Waals surface area contributed by atoms with Crippen LogP contribution in [0.2, 0.25) is 0 Å². The monoisotopic (exact) mass is 378 g/mol. The molecule has 1 saturated heterocycles. The second kappa shape index (κ2) is 9.36. The molecule has 1 fully saturated rings. The summed E-state index contributed by atoms with van der Waals surface area (Å²) < 4.78 is 44.2. The molecule has 1 aromatic carbocycles. The van der Waals surface area contributed by atoms with E-state index in [4.69, 9.17) is 14.2 Å². The SMILES string of the molecule is CCCc1ccc(C2CCC(COC3=C(F)C(F)=C(OC)CC3)CO2)cc1. The molecule has 0 radical (unpaired) electrons. The zero-order chi connectivity index (χ0) is 19.2. The molecule has 5 heteroatoms. The van der Waals surface area contributed by atoms with E-state index in [1.54, 1.807) is 0 Å². The summed E-state index contributed by atoms with van der Waals surface area (Å²) >= 11 is 0. The van der Waals surface area contributed by atoms with Gasteiger partial charge in [-0.2, -0.15) is 8.78 Å². The first-order valence-electron chi connectivity index (χ1n) is 9.77. The number of hydrogen-bond acceptors (Lipinski definition) is 3. The standard InChI is InChI=1S/C22H28F2O3/c1-3-4-15-5-8-17(9-6-15)18-10-7-16(13-26-18)14-27-20-12-11-19(25-2)21(23)22(20)24/h5-6,8-9,16,18H,3-4,7,10-14H2,1-2H3. The van der Waals surface area contributed by atoms with Gasteiger partial charge >= 0.3 is 0 Å². The minimum absolute atomic E-state index is 0.0497. The molecule has 3 nitrogen and oxygen atoms in total. The average molecular weight is 378 g/mol. The molecule has 1 heterocycles. The minimum Gasteiger partial charge on any atom is -0.498 e. The van der Waals surface area contributed by atoms with Crippen molar-refractivity contribution in [2.24, 2.45) is 5.92 Å². The Hall–Kier alpha value is -1.88. The lowest BCUT2D eigenvalue weighted by molar-refractivity contribution is -0.0368. The summed E-state index contributed by atoms with van der Waals surface area (Å²) in [5.41, 5.74) is 2.55. The van der Waals surface area contributed by atoms with Gasteiger partial charge in [0.05, 0.1) is 26.4 Å². The highest BCUT2D eigenvalue weighted by atomic mass is 19.2. The Morgan fingerprint density at radius 2 is 1.74 bits per heavy atom. The molecule has 0 bridgehead atoms. The topological polar surface area (TPSA) is 27.7 Å². The van der Waals surface area contributed by atoms with Crippen molar-refractivity contribution in [2.45, 2.75) is 51.6 Å². The fourth-order valence-electron chi connectivity index (χ4n) is 3.62. The summed E-state index contributed by atoms with van der Waals surface area (Å²) in [5, 5.41) is 0. The minimum atomic E-state index is -0.940. The van der Waals surface area contributed by atoms with Gasteiger partial charge in [0.2, 0.25) is 0 Å². The lowest BCUT2D eigenvalue weighted by Crippen LogP contribution is -2.24. The number of methoxy groups -OCH3 is 1. The molecule has 1 aliphatic heterocycles. The Labute approximate surface area is 160 Å². The van der Waals surface area contributed by atoms with Crippen molar-refractivity contribution in [2.75, 3.05) is 20.3 Å². The highest BCUT2D eigenvalue weighted by molar-refractivity contribution is 5.29. The molecule has 0 aromatic heterocycles. The lowest BCUT2D eigenvalue weighted by atomic mass is 9.94. The molecule has 2 atom stereocenters. The van der Waals surface area contributed by atoms with E-state index in [0.717, 1.165) is 25.7 Å². The van der Waals surface area contributed by atoms with Crippen LogP contribution in [0.15, 0.2) is 47.4 Å². The van der Waals surface area contributed by atoms with Gasteiger partial charge < -0.3 is 14.2 Å². The summed E-state index contributed by atoms with van der Waals surface area (Å²) in [6.45, 7) is 3.09. The fraction of sp³-hybridized carbons (Fsp3) is 0.545. The van der Waals surface area contributed by atoms with Crippen LogP contribution >= 0.6 is 0 Å². The van der Waals surface area contributed by atoms with Crippen molar-refractivity contribution >= 4 is 0 Å². The van der Waals surface area contributed by atoms with Gasteiger partial charge in [-0.1, -0.05) is 37.6 Å². The largest absolute Gasteiger partial charge is 0.498 e. The zero-order valence-corrected chi connectivity index (χ0v) is 16.1. The summed E-state index contributed by atoms with van der Waals surface area (Å²) in [5.74, 6) is -1.54. The van der Waals surface area contributed by atoms with Gasteiger partial charge in [-0.3, -0.25) is 0 Å². The van der Waals surface area contributed by atoms with Crippen LogP contribution in [-0.4, -0.2) is 20.3 Å². The molecule has 0 amide bonds. The van der Waals surface area contributed by atoms with Gasteiger partial charge in [0.15, 0.2) is 11.7 Å². The highest BCUT2D eigenvalue weighted by Crippen LogP contribution is 2.35. The maximum atomic E-state index is 14.0. The highest BCUT2D eigenvalue weighted by Gasteiger charge is 2.27. The third-order valence-corrected chi connectivity index (χ3v) is 5.26. The predicted octanol–water partition coefficient (Wildman–Crippen LogP) is 5.93. The van der Waals surface area contributed by atoms with Gasteiger partial charge in [0, 0.05) is 18.8 Å². The van der Waals surface area contributed by atoms with Gasteiger partial charge in [0.25, 0.3) is 0 Å². The molecule has 3 rings (SSSR count). The summed E-state index contributed by atoms with van der Waals surface area (Å²) in [6.07, 6.45) is 4.84. The lowest BCUT2D eigenvalue weighted by Gasteiger charge is -2.30. The first-order valence-corrected chi connectivity index (χ1v) is 9.77. The number of halogens is 2. The fourth-order valence-corrected chi connectivity index (χ4v) is 3.62. The quantitative estimate of drug-likeness (QED) is 0.589. The molecule has 0 N–H and O–H groups in total. The van der Waals surface area contributed by atoms with E-state index in [1.165, 1.54) is 18.2 Å². The van der Waals surface area contributed by atoms with E-state index < -0.39 is 11.7 Å². The first-order chi connectivity index (χ1) is 13.1. The summed E-state index contributed by atoms with van der Waals surface area (Å²) in [7, 11) is 1.35. The van der Waals surface area contributed by atoms with Crippen LogP contribution in [0.3, 0.4) is 0 Å². The first kappa shape index (κ1) is 19.9. The number of hydrogen-bond donors (Lipinski definition) is 0. The molecule has 27 heavy (non-hydrogen) atoms. The van der Waals surface area contributed by atoms with E-state index in [0.29, 0.717) is 26.1 Å². The molecule has 1 aromatic rings. The average Bonchev–Trinajstić information content (AvgIpc) is 2.70. The van der Waals surface area contributed by atoms with E-state index in [9.17, 15) is 8.78 Å². The van der Waals surface area contributed by atoms with Crippen LogP contribution in [0.4, 0.5) is 8.78 Å². The molecule has 148 valence electrons. The Kier molecular flexibility index (Phi) is 6.89. The van der Waals surface area contributed by atoms with E-state index in [-0.39, 0.29) is 23.5 Å². The van der Waals surface area contributed by atoms with Gasteiger partial charge in [-0.25, -0.2) is 0 Å². The normalized spacial score (nSPS) is 23.6. The third kappa shape index (κ3) is 4.89. The summed E-state index contributed by atoms with van der Waals surface area (Å²) in [4.78, 5) is 0. The second-order valence-electron chi connectivity index (χ2n) is 7.25. The van der Waals surface area contributed by atoms with E-state index in [1.807, 2.05) is 0 Å². The Balaban J connectivity index is 1.48. The van der Waals surface area contributed by atoms with Crippen molar-refractivity contribution < 1.29 is 23.0 Å². The molecule has 2 unspecified atom stereocenters. The van der Waals surface area contributed by atoms with Crippen LogP contribution < -0.4 is 0 Å². The van der Waals surface area contributed by atoms with Crippen LogP contribution in [-0.2, 0) is 20.6 Å². The maximum absolute atomic E-state index is 14.0. The number of aryl methyl sites for hydroxylation is 1. The van der Waals surface area contributed by atoms with Crippen molar-refractivity contribution in [3.8, 4) is 0 Å². The maximum Gasteiger partial charge on any atom is 0.199 e. The number of benzene rings is 1. The number of ether oxygens (including phenoxy) is 3. The Bertz CT molecular complexity index is 686. The van der Waals surface area contributed by atoms with Crippen LogP contribution in [0.5, 0.6) is 0 Å². The third-order valence-electron chi connectivity index (χ3n) is 5.26. The zero-order valence-electron chi connectivity index (χ0n) is 16.1. The van der Waals surface area contributed by atoms with Crippen molar-refractivity contribution in [3.63, 3.8) is 0 Å². The van der Waals surface area contributed by atoms with Gasteiger partial charge in [-0.15, -0.1) is 0 Å². The molecule has 0 saturated carbocycles. The number of allylic oxidation sites excluding steroid dienone is 4. The summed E-state index contributed by atoms with van der Waals surface area (Å²) in [6, 6.07) is 8.65. The molecule has 1 aliphatic carbocycles. The van der Waals surface area contributed by atoms with E-state index >= 15 is 0 Å². The van der Waals surface area contributed by atoms with Crippen LogP contribution in [0.1, 0.15) is 56.3 Å². The molecular weight excluding hydrogens is 350 g/mol. The van der Waals surface area contributed by atoms with Crippen molar-refractivity contribution in [1.29, 1.82) is 0 Å². The van der Waals surface area contributed by atoms with Gasteiger partial charge in [-0.05, 0) is 30.4 Å².